The zero-order valence-corrected chi connectivity index (χ0v) is 18.0. The SMILES string of the molecule is Cc1ccc(-n2cnnc2SCC(=O)N2CCN(c3ccc(F)cc3)CC2)cc1Cl. The van der Waals surface area contributed by atoms with Crippen molar-refractivity contribution < 1.29 is 9.18 Å². The van der Waals surface area contributed by atoms with Crippen LogP contribution in [0.15, 0.2) is 53.9 Å². The average Bonchev–Trinajstić information content (AvgIpc) is 3.23. The number of piperazine rings is 1. The molecule has 1 aliphatic heterocycles. The van der Waals surface area contributed by atoms with Crippen LogP contribution in [0.4, 0.5) is 10.1 Å². The molecule has 1 aliphatic rings. The molecule has 0 bridgehead atoms. The van der Waals surface area contributed by atoms with Crippen LogP contribution in [0.1, 0.15) is 5.56 Å². The molecule has 9 heteroatoms. The molecule has 4 rings (SSSR count). The van der Waals surface area contributed by atoms with Crippen molar-refractivity contribution in [3.63, 3.8) is 0 Å². The molecule has 0 N–H and O–H groups in total. The normalized spacial score (nSPS) is 14.2. The highest BCUT2D eigenvalue weighted by Crippen LogP contribution is 2.24. The number of halogens is 2. The molecule has 2 aromatic carbocycles. The molecule has 1 aromatic heterocycles. The summed E-state index contributed by atoms with van der Waals surface area (Å²) in [4.78, 5) is 16.7. The summed E-state index contributed by atoms with van der Waals surface area (Å²) in [6, 6.07) is 12.2. The molecule has 30 heavy (non-hydrogen) atoms. The Kier molecular flexibility index (Phi) is 6.24. The Bertz CT molecular complexity index is 1030. The fourth-order valence-corrected chi connectivity index (χ4v) is 4.32. The van der Waals surface area contributed by atoms with Crippen LogP contribution in [0.3, 0.4) is 0 Å². The van der Waals surface area contributed by atoms with Gasteiger partial charge in [0.05, 0.1) is 11.4 Å². The first-order valence-corrected chi connectivity index (χ1v) is 11.0. The molecule has 2 heterocycles. The maximum atomic E-state index is 13.1. The van der Waals surface area contributed by atoms with Crippen molar-refractivity contribution in [2.45, 2.75) is 12.1 Å². The van der Waals surface area contributed by atoms with E-state index in [-0.39, 0.29) is 17.5 Å². The van der Waals surface area contributed by atoms with Crippen LogP contribution < -0.4 is 4.90 Å². The van der Waals surface area contributed by atoms with Crippen LogP contribution in [0.25, 0.3) is 5.69 Å². The molecule has 156 valence electrons. The number of hydrogen-bond acceptors (Lipinski definition) is 5. The zero-order chi connectivity index (χ0) is 21.1. The molecule has 0 saturated carbocycles. The van der Waals surface area contributed by atoms with Gasteiger partial charge in [0.2, 0.25) is 5.91 Å². The molecule has 1 saturated heterocycles. The monoisotopic (exact) mass is 445 g/mol. The van der Waals surface area contributed by atoms with Crippen LogP contribution in [-0.4, -0.2) is 57.5 Å². The minimum Gasteiger partial charge on any atom is -0.368 e. The van der Waals surface area contributed by atoms with Gasteiger partial charge in [0, 0.05) is 36.9 Å². The molecule has 0 unspecified atom stereocenters. The van der Waals surface area contributed by atoms with Crippen LogP contribution in [0, 0.1) is 12.7 Å². The molecule has 6 nitrogen and oxygen atoms in total. The van der Waals surface area contributed by atoms with Crippen LogP contribution in [-0.2, 0) is 4.79 Å². The maximum Gasteiger partial charge on any atom is 0.233 e. The van der Waals surface area contributed by atoms with E-state index in [1.54, 1.807) is 18.5 Å². The fourth-order valence-electron chi connectivity index (χ4n) is 3.32. The Morgan fingerprint density at radius 2 is 1.80 bits per heavy atom. The molecule has 0 radical (unpaired) electrons. The largest absolute Gasteiger partial charge is 0.368 e. The highest BCUT2D eigenvalue weighted by atomic mass is 35.5. The van der Waals surface area contributed by atoms with Gasteiger partial charge >= 0.3 is 0 Å². The lowest BCUT2D eigenvalue weighted by molar-refractivity contribution is -0.128. The van der Waals surface area contributed by atoms with E-state index < -0.39 is 0 Å². The average molecular weight is 446 g/mol. The van der Waals surface area contributed by atoms with E-state index in [0.29, 0.717) is 23.3 Å². The minimum absolute atomic E-state index is 0.0650. The lowest BCUT2D eigenvalue weighted by Gasteiger charge is -2.36. The van der Waals surface area contributed by atoms with Crippen molar-refractivity contribution in [3.8, 4) is 5.69 Å². The van der Waals surface area contributed by atoms with Gasteiger partial charge in [0.15, 0.2) is 5.16 Å². The summed E-state index contributed by atoms with van der Waals surface area (Å²) in [7, 11) is 0. The van der Waals surface area contributed by atoms with E-state index >= 15 is 0 Å². The lowest BCUT2D eigenvalue weighted by Crippen LogP contribution is -2.49. The zero-order valence-electron chi connectivity index (χ0n) is 16.5. The van der Waals surface area contributed by atoms with E-state index in [9.17, 15) is 9.18 Å². The Labute approximate surface area is 183 Å². The Morgan fingerprint density at radius 3 is 2.50 bits per heavy atom. The molecule has 0 atom stereocenters. The van der Waals surface area contributed by atoms with Crippen molar-refractivity contribution in [2.24, 2.45) is 0 Å². The van der Waals surface area contributed by atoms with Crippen molar-refractivity contribution in [1.82, 2.24) is 19.7 Å². The summed E-state index contributed by atoms with van der Waals surface area (Å²) in [6.07, 6.45) is 1.62. The summed E-state index contributed by atoms with van der Waals surface area (Å²) in [5.41, 5.74) is 2.83. The first-order valence-electron chi connectivity index (χ1n) is 9.59. The number of benzene rings is 2. The highest BCUT2D eigenvalue weighted by Gasteiger charge is 2.22. The summed E-state index contributed by atoms with van der Waals surface area (Å²) < 4.78 is 14.9. The summed E-state index contributed by atoms with van der Waals surface area (Å²) >= 11 is 7.59. The molecular weight excluding hydrogens is 425 g/mol. The van der Waals surface area contributed by atoms with Gasteiger partial charge in [-0.05, 0) is 48.9 Å². The van der Waals surface area contributed by atoms with Gasteiger partial charge in [-0.15, -0.1) is 10.2 Å². The van der Waals surface area contributed by atoms with E-state index in [1.807, 2.05) is 34.6 Å². The predicted molar refractivity (Wildman–Crippen MR) is 117 cm³/mol. The third-order valence-electron chi connectivity index (χ3n) is 5.10. The molecule has 1 fully saturated rings. The molecule has 3 aromatic rings. The van der Waals surface area contributed by atoms with Gasteiger partial charge in [-0.25, -0.2) is 4.39 Å². The number of thioether (sulfide) groups is 1. The maximum absolute atomic E-state index is 13.1. The summed E-state index contributed by atoms with van der Waals surface area (Å²) in [5, 5.41) is 9.45. The van der Waals surface area contributed by atoms with Gasteiger partial charge in [-0.2, -0.15) is 0 Å². The molecule has 0 aliphatic carbocycles. The summed E-state index contributed by atoms with van der Waals surface area (Å²) in [5.74, 6) is 0.107. The molecular formula is C21H21ClFN5OS. The van der Waals surface area contributed by atoms with E-state index in [0.717, 1.165) is 30.0 Å². The second-order valence-electron chi connectivity index (χ2n) is 7.05. The first kappa shape index (κ1) is 20.7. The Hall–Kier alpha value is -2.58. The third kappa shape index (κ3) is 4.60. The van der Waals surface area contributed by atoms with E-state index in [1.165, 1.54) is 23.9 Å². The number of carbonyl (C=O) groups is 1. The highest BCUT2D eigenvalue weighted by molar-refractivity contribution is 7.99. The van der Waals surface area contributed by atoms with Crippen LogP contribution >= 0.6 is 23.4 Å². The second kappa shape index (κ2) is 9.06. The Balaban J connectivity index is 1.33. The van der Waals surface area contributed by atoms with E-state index in [4.69, 9.17) is 11.6 Å². The molecule has 1 amide bonds. The van der Waals surface area contributed by atoms with Gasteiger partial charge < -0.3 is 9.80 Å². The third-order valence-corrected chi connectivity index (χ3v) is 6.43. The topological polar surface area (TPSA) is 54.3 Å². The van der Waals surface area contributed by atoms with Crippen molar-refractivity contribution in [3.05, 3.63) is 65.2 Å². The number of carbonyl (C=O) groups excluding carboxylic acids is 1. The van der Waals surface area contributed by atoms with Crippen LogP contribution in [0.5, 0.6) is 0 Å². The molecule has 0 spiro atoms. The lowest BCUT2D eigenvalue weighted by atomic mass is 10.2. The van der Waals surface area contributed by atoms with Gasteiger partial charge in [0.25, 0.3) is 0 Å². The number of aromatic nitrogens is 3. The Morgan fingerprint density at radius 1 is 1.10 bits per heavy atom. The second-order valence-corrected chi connectivity index (χ2v) is 8.40. The number of nitrogens with zero attached hydrogens (tertiary/aromatic N) is 5. The smallest absolute Gasteiger partial charge is 0.233 e. The van der Waals surface area contributed by atoms with Crippen molar-refractivity contribution in [2.75, 3.05) is 36.8 Å². The number of amides is 1. The number of rotatable bonds is 5. The summed E-state index contributed by atoms with van der Waals surface area (Å²) in [6.45, 7) is 4.66. The number of anilines is 1. The first-order chi connectivity index (χ1) is 14.5. The van der Waals surface area contributed by atoms with Gasteiger partial charge in [-0.3, -0.25) is 9.36 Å². The standard InChI is InChI=1S/C21H21ClFN5OS/c1-15-2-5-18(12-19(15)22)28-14-24-25-21(28)30-13-20(29)27-10-8-26(9-11-27)17-6-3-16(23)4-7-17/h2-7,12,14H,8-11,13H2,1H3. The minimum atomic E-state index is -0.245. The van der Waals surface area contributed by atoms with E-state index in [2.05, 4.69) is 15.1 Å². The predicted octanol–water partition coefficient (Wildman–Crippen LogP) is 3.81. The number of aryl methyl sites for hydroxylation is 1. The van der Waals surface area contributed by atoms with Crippen molar-refractivity contribution >= 4 is 35.0 Å². The van der Waals surface area contributed by atoms with Crippen LogP contribution in [0.2, 0.25) is 5.02 Å². The van der Waals surface area contributed by atoms with Gasteiger partial charge in [-0.1, -0.05) is 29.4 Å². The van der Waals surface area contributed by atoms with Crippen molar-refractivity contribution in [1.29, 1.82) is 0 Å². The number of hydrogen-bond donors (Lipinski definition) is 0. The quantitative estimate of drug-likeness (QED) is 0.559. The fraction of sp³-hybridized carbons (Fsp3) is 0.286. The van der Waals surface area contributed by atoms with Gasteiger partial charge in [0.1, 0.15) is 12.1 Å².